The Morgan fingerprint density at radius 3 is 2.36 bits per heavy atom. The minimum atomic E-state index is 0.0509. The van der Waals surface area contributed by atoms with Crippen LogP contribution in [0.3, 0.4) is 0 Å². The molecule has 1 aromatic heterocycles. The standard InChI is InChI=1S/C8H15N3/c1-5(2)8-10-4-7(11-8)6(3)9/h4-6H,9H2,1-3H3,(H,10,11). The SMILES string of the molecule is CC(C)c1ncc(C(C)N)[nH]1. The summed E-state index contributed by atoms with van der Waals surface area (Å²) in [5.41, 5.74) is 6.66. The minimum absolute atomic E-state index is 0.0509. The van der Waals surface area contributed by atoms with Crippen molar-refractivity contribution in [1.29, 1.82) is 0 Å². The highest BCUT2D eigenvalue weighted by Gasteiger charge is 2.06. The van der Waals surface area contributed by atoms with Crippen molar-refractivity contribution in [1.82, 2.24) is 9.97 Å². The van der Waals surface area contributed by atoms with E-state index < -0.39 is 0 Å². The van der Waals surface area contributed by atoms with Gasteiger partial charge in [0.25, 0.3) is 0 Å². The Hall–Kier alpha value is -0.830. The zero-order valence-electron chi connectivity index (χ0n) is 7.26. The van der Waals surface area contributed by atoms with Gasteiger partial charge in [0.15, 0.2) is 0 Å². The molecule has 0 aliphatic heterocycles. The molecule has 0 radical (unpaired) electrons. The first-order chi connectivity index (χ1) is 5.11. The molecule has 0 saturated heterocycles. The van der Waals surface area contributed by atoms with Gasteiger partial charge in [-0.2, -0.15) is 0 Å². The van der Waals surface area contributed by atoms with E-state index >= 15 is 0 Å². The van der Waals surface area contributed by atoms with Gasteiger partial charge in [-0.3, -0.25) is 0 Å². The highest BCUT2D eigenvalue weighted by molar-refractivity contribution is 5.06. The largest absolute Gasteiger partial charge is 0.344 e. The summed E-state index contributed by atoms with van der Waals surface area (Å²) in [4.78, 5) is 7.38. The maximum atomic E-state index is 5.66. The molecule has 1 unspecified atom stereocenters. The van der Waals surface area contributed by atoms with E-state index in [9.17, 15) is 0 Å². The number of imidazole rings is 1. The number of aromatic nitrogens is 2. The maximum Gasteiger partial charge on any atom is 0.108 e. The Morgan fingerprint density at radius 1 is 1.45 bits per heavy atom. The molecule has 3 nitrogen and oxygen atoms in total. The van der Waals surface area contributed by atoms with Crippen LogP contribution in [0, 0.1) is 0 Å². The van der Waals surface area contributed by atoms with Gasteiger partial charge in [0, 0.05) is 18.2 Å². The molecule has 0 aliphatic rings. The van der Waals surface area contributed by atoms with Crippen molar-refractivity contribution in [2.45, 2.75) is 32.7 Å². The van der Waals surface area contributed by atoms with Crippen LogP contribution in [0.15, 0.2) is 6.20 Å². The van der Waals surface area contributed by atoms with Crippen molar-refractivity contribution in [2.75, 3.05) is 0 Å². The summed E-state index contributed by atoms with van der Waals surface area (Å²) < 4.78 is 0. The number of hydrogen-bond donors (Lipinski definition) is 2. The predicted molar refractivity (Wildman–Crippen MR) is 45.3 cm³/mol. The number of nitrogens with zero attached hydrogens (tertiary/aromatic N) is 1. The van der Waals surface area contributed by atoms with Gasteiger partial charge in [-0.25, -0.2) is 4.98 Å². The van der Waals surface area contributed by atoms with E-state index in [0.29, 0.717) is 5.92 Å². The van der Waals surface area contributed by atoms with Crippen molar-refractivity contribution < 1.29 is 0 Å². The molecular weight excluding hydrogens is 138 g/mol. The minimum Gasteiger partial charge on any atom is -0.344 e. The lowest BCUT2D eigenvalue weighted by molar-refractivity contribution is 0.755. The highest BCUT2D eigenvalue weighted by Crippen LogP contribution is 2.12. The van der Waals surface area contributed by atoms with E-state index in [0.717, 1.165) is 11.5 Å². The van der Waals surface area contributed by atoms with Crippen LogP contribution in [-0.2, 0) is 0 Å². The average molecular weight is 153 g/mol. The molecule has 62 valence electrons. The average Bonchev–Trinajstić information content (AvgIpc) is 2.33. The molecule has 0 saturated carbocycles. The summed E-state index contributed by atoms with van der Waals surface area (Å²) in [6.45, 7) is 6.14. The Kier molecular flexibility index (Phi) is 2.29. The molecule has 3 heteroatoms. The van der Waals surface area contributed by atoms with Crippen molar-refractivity contribution in [3.05, 3.63) is 17.7 Å². The van der Waals surface area contributed by atoms with Gasteiger partial charge in [0.1, 0.15) is 5.82 Å². The molecule has 0 fully saturated rings. The van der Waals surface area contributed by atoms with Gasteiger partial charge in [-0.1, -0.05) is 13.8 Å². The summed E-state index contributed by atoms with van der Waals surface area (Å²) in [5, 5.41) is 0. The van der Waals surface area contributed by atoms with Crippen LogP contribution < -0.4 is 5.73 Å². The number of nitrogens with one attached hydrogen (secondary N) is 1. The molecule has 1 rings (SSSR count). The third-order valence-corrected chi connectivity index (χ3v) is 1.65. The Balaban J connectivity index is 2.82. The molecule has 0 aromatic carbocycles. The monoisotopic (exact) mass is 153 g/mol. The highest BCUT2D eigenvalue weighted by atomic mass is 14.9. The third kappa shape index (κ3) is 1.80. The maximum absolute atomic E-state index is 5.66. The van der Waals surface area contributed by atoms with Crippen molar-refractivity contribution >= 4 is 0 Å². The molecule has 1 atom stereocenters. The third-order valence-electron chi connectivity index (χ3n) is 1.65. The lowest BCUT2D eigenvalue weighted by atomic mass is 10.2. The molecule has 3 N–H and O–H groups in total. The summed E-state index contributed by atoms with van der Waals surface area (Å²) in [7, 11) is 0. The summed E-state index contributed by atoms with van der Waals surface area (Å²) >= 11 is 0. The quantitative estimate of drug-likeness (QED) is 0.677. The molecule has 1 aromatic rings. The van der Waals surface area contributed by atoms with Crippen LogP contribution >= 0.6 is 0 Å². The number of aromatic amines is 1. The van der Waals surface area contributed by atoms with Gasteiger partial charge >= 0.3 is 0 Å². The molecule has 0 spiro atoms. The van der Waals surface area contributed by atoms with Crippen LogP contribution in [0.5, 0.6) is 0 Å². The number of H-pyrrole nitrogens is 1. The summed E-state index contributed by atoms with van der Waals surface area (Å²) in [6, 6.07) is 0.0509. The van der Waals surface area contributed by atoms with Crippen molar-refractivity contribution in [3.8, 4) is 0 Å². The lowest BCUT2D eigenvalue weighted by Gasteiger charge is -2.00. The second-order valence-corrected chi connectivity index (χ2v) is 3.17. The van der Waals surface area contributed by atoms with E-state index in [-0.39, 0.29) is 6.04 Å². The van der Waals surface area contributed by atoms with E-state index in [2.05, 4.69) is 23.8 Å². The Labute approximate surface area is 67.0 Å². The van der Waals surface area contributed by atoms with Gasteiger partial charge in [-0.15, -0.1) is 0 Å². The molecule has 0 bridgehead atoms. The van der Waals surface area contributed by atoms with Crippen LogP contribution in [0.25, 0.3) is 0 Å². The first kappa shape index (κ1) is 8.27. The van der Waals surface area contributed by atoms with Gasteiger partial charge < -0.3 is 10.7 Å². The van der Waals surface area contributed by atoms with Crippen molar-refractivity contribution in [2.24, 2.45) is 5.73 Å². The zero-order chi connectivity index (χ0) is 8.43. The van der Waals surface area contributed by atoms with E-state index in [1.54, 1.807) is 6.20 Å². The fourth-order valence-electron chi connectivity index (χ4n) is 0.876. The second-order valence-electron chi connectivity index (χ2n) is 3.17. The topological polar surface area (TPSA) is 54.7 Å². The molecule has 11 heavy (non-hydrogen) atoms. The number of hydrogen-bond acceptors (Lipinski definition) is 2. The van der Waals surface area contributed by atoms with Crippen LogP contribution in [0.4, 0.5) is 0 Å². The zero-order valence-corrected chi connectivity index (χ0v) is 7.26. The summed E-state index contributed by atoms with van der Waals surface area (Å²) in [5.74, 6) is 1.46. The first-order valence-corrected chi connectivity index (χ1v) is 3.91. The predicted octanol–water partition coefficient (Wildman–Crippen LogP) is 1.55. The van der Waals surface area contributed by atoms with Crippen LogP contribution in [-0.4, -0.2) is 9.97 Å². The fourth-order valence-corrected chi connectivity index (χ4v) is 0.876. The smallest absolute Gasteiger partial charge is 0.108 e. The first-order valence-electron chi connectivity index (χ1n) is 3.91. The number of rotatable bonds is 2. The van der Waals surface area contributed by atoms with E-state index in [4.69, 9.17) is 5.73 Å². The fraction of sp³-hybridized carbons (Fsp3) is 0.625. The van der Waals surface area contributed by atoms with Crippen LogP contribution in [0.1, 0.15) is 44.2 Å². The van der Waals surface area contributed by atoms with Crippen LogP contribution in [0.2, 0.25) is 0 Å². The van der Waals surface area contributed by atoms with E-state index in [1.807, 2.05) is 6.92 Å². The van der Waals surface area contributed by atoms with Gasteiger partial charge in [0.05, 0.1) is 5.69 Å². The summed E-state index contributed by atoms with van der Waals surface area (Å²) in [6.07, 6.45) is 1.81. The second kappa shape index (κ2) is 3.05. The molecule has 1 heterocycles. The van der Waals surface area contributed by atoms with Gasteiger partial charge in [0.2, 0.25) is 0 Å². The van der Waals surface area contributed by atoms with Gasteiger partial charge in [-0.05, 0) is 6.92 Å². The normalized spacial score (nSPS) is 13.9. The Bertz CT molecular complexity index is 202. The van der Waals surface area contributed by atoms with E-state index in [1.165, 1.54) is 0 Å². The molecule has 0 amide bonds. The lowest BCUT2D eigenvalue weighted by Crippen LogP contribution is -2.05. The Morgan fingerprint density at radius 2 is 2.09 bits per heavy atom. The number of nitrogens with two attached hydrogens (primary N) is 1. The molecule has 0 aliphatic carbocycles. The van der Waals surface area contributed by atoms with Crippen molar-refractivity contribution in [3.63, 3.8) is 0 Å². The molecular formula is C8H15N3.